The Bertz CT molecular complexity index is 1140. The normalized spacial score (nSPS) is 14.2. The van der Waals surface area contributed by atoms with E-state index in [9.17, 15) is 9.59 Å². The molecule has 0 unspecified atom stereocenters. The summed E-state index contributed by atoms with van der Waals surface area (Å²) in [5.41, 5.74) is 4.04. The van der Waals surface area contributed by atoms with Crippen molar-refractivity contribution >= 4 is 11.9 Å². The van der Waals surface area contributed by atoms with Crippen molar-refractivity contribution in [3.8, 4) is 22.8 Å². The van der Waals surface area contributed by atoms with Crippen LogP contribution in [0.3, 0.4) is 0 Å². The Labute approximate surface area is 192 Å². The van der Waals surface area contributed by atoms with Gasteiger partial charge in [0.1, 0.15) is 17.6 Å². The molecule has 0 fully saturated rings. The van der Waals surface area contributed by atoms with Crippen LogP contribution < -0.4 is 14.8 Å². The van der Waals surface area contributed by atoms with Crippen LogP contribution in [0.1, 0.15) is 27.9 Å². The van der Waals surface area contributed by atoms with Gasteiger partial charge in [0.25, 0.3) is 0 Å². The highest BCUT2D eigenvalue weighted by Gasteiger charge is 2.26. The number of carbonyl (C=O) groups is 2. The van der Waals surface area contributed by atoms with E-state index < -0.39 is 5.97 Å². The number of methoxy groups -OCH3 is 2. The Kier molecular flexibility index (Phi) is 6.88. The van der Waals surface area contributed by atoms with Gasteiger partial charge in [-0.05, 0) is 41.8 Å². The number of carbonyl (C=O) groups excluding carboxylic acids is 2. The van der Waals surface area contributed by atoms with Crippen molar-refractivity contribution in [3.05, 3.63) is 77.5 Å². The molecule has 4 rings (SSSR count). The number of benzene rings is 2. The molecule has 0 bridgehead atoms. The Hall–Kier alpha value is -3.87. The molecule has 7 heteroatoms. The molecule has 0 saturated heterocycles. The second-order valence-electron chi connectivity index (χ2n) is 7.78. The number of hydrogen-bond donors (Lipinski definition) is 1. The summed E-state index contributed by atoms with van der Waals surface area (Å²) in [7, 11) is 2.97. The zero-order valence-electron chi connectivity index (χ0n) is 18.7. The minimum Gasteiger partial charge on any atom is -0.496 e. The van der Waals surface area contributed by atoms with Crippen molar-refractivity contribution in [1.29, 1.82) is 0 Å². The Balaban J connectivity index is 1.35. The standard InChI is InChI=1S/C26H26N2O5/c1-31-23-9-4-3-6-17(23)11-13-24(29)28-16-20-14-18-7-5-8-21(25(18)33-20)22-12-10-19(15-27-22)26(30)32-2/h3-10,12,15,20H,11,13-14,16H2,1-2H3,(H,28,29)/t20-/m1/s1. The molecule has 0 aliphatic carbocycles. The molecule has 3 aromatic rings. The molecule has 2 aromatic carbocycles. The molecule has 1 aliphatic rings. The third-order valence-corrected chi connectivity index (χ3v) is 5.63. The maximum atomic E-state index is 12.4. The summed E-state index contributed by atoms with van der Waals surface area (Å²) in [4.78, 5) is 28.4. The molecule has 0 radical (unpaired) electrons. The SMILES string of the molecule is COC(=O)c1ccc(-c2cccc3c2O[C@@H](CNC(=O)CCc2ccccc2OC)C3)nc1. The molecule has 170 valence electrons. The number of amides is 1. The molecule has 33 heavy (non-hydrogen) atoms. The average Bonchev–Trinajstić information content (AvgIpc) is 3.29. The fourth-order valence-electron chi connectivity index (χ4n) is 3.92. The molecule has 7 nitrogen and oxygen atoms in total. The molecule has 1 amide bonds. The number of aryl methyl sites for hydroxylation is 1. The van der Waals surface area contributed by atoms with Crippen LogP contribution in [0.4, 0.5) is 0 Å². The molecule has 2 heterocycles. The van der Waals surface area contributed by atoms with Crippen LogP contribution >= 0.6 is 0 Å². The van der Waals surface area contributed by atoms with Crippen molar-refractivity contribution in [2.24, 2.45) is 0 Å². The Morgan fingerprint density at radius 2 is 1.94 bits per heavy atom. The summed E-state index contributed by atoms with van der Waals surface area (Å²) in [6, 6.07) is 17.1. The third-order valence-electron chi connectivity index (χ3n) is 5.63. The first-order chi connectivity index (χ1) is 16.1. The molecule has 1 atom stereocenters. The lowest BCUT2D eigenvalue weighted by Crippen LogP contribution is -2.34. The number of aromatic nitrogens is 1. The third kappa shape index (κ3) is 5.14. The van der Waals surface area contributed by atoms with Gasteiger partial charge in [-0.1, -0.05) is 30.3 Å². The smallest absolute Gasteiger partial charge is 0.339 e. The summed E-state index contributed by atoms with van der Waals surface area (Å²) >= 11 is 0. The van der Waals surface area contributed by atoms with E-state index in [0.29, 0.717) is 37.1 Å². The van der Waals surface area contributed by atoms with Gasteiger partial charge in [-0.2, -0.15) is 0 Å². The molecular weight excluding hydrogens is 420 g/mol. The summed E-state index contributed by atoms with van der Waals surface area (Å²) in [5.74, 6) is 1.11. The van der Waals surface area contributed by atoms with Crippen molar-refractivity contribution in [3.63, 3.8) is 0 Å². The van der Waals surface area contributed by atoms with Gasteiger partial charge in [-0.3, -0.25) is 9.78 Å². The zero-order chi connectivity index (χ0) is 23.2. The number of ether oxygens (including phenoxy) is 3. The number of esters is 1. The van der Waals surface area contributed by atoms with Crippen LogP contribution in [-0.2, 0) is 22.4 Å². The van der Waals surface area contributed by atoms with Crippen LogP contribution in [0.15, 0.2) is 60.8 Å². The molecular formula is C26H26N2O5. The lowest BCUT2D eigenvalue weighted by Gasteiger charge is -2.14. The van der Waals surface area contributed by atoms with E-state index in [1.807, 2.05) is 42.5 Å². The van der Waals surface area contributed by atoms with Gasteiger partial charge < -0.3 is 19.5 Å². The van der Waals surface area contributed by atoms with Gasteiger partial charge in [0.05, 0.1) is 32.0 Å². The van der Waals surface area contributed by atoms with Crippen LogP contribution in [0.2, 0.25) is 0 Å². The highest BCUT2D eigenvalue weighted by Crippen LogP contribution is 2.38. The summed E-state index contributed by atoms with van der Waals surface area (Å²) in [5, 5.41) is 2.98. The zero-order valence-corrected chi connectivity index (χ0v) is 18.7. The Morgan fingerprint density at radius 1 is 1.09 bits per heavy atom. The monoisotopic (exact) mass is 446 g/mol. The van der Waals surface area contributed by atoms with Crippen molar-refractivity contribution < 1.29 is 23.8 Å². The molecule has 0 spiro atoms. The van der Waals surface area contributed by atoms with Gasteiger partial charge in [-0.25, -0.2) is 4.79 Å². The fourth-order valence-corrected chi connectivity index (χ4v) is 3.92. The predicted octanol–water partition coefficient (Wildman–Crippen LogP) is 3.60. The van der Waals surface area contributed by atoms with E-state index >= 15 is 0 Å². The molecule has 0 saturated carbocycles. The minimum atomic E-state index is -0.426. The second-order valence-corrected chi connectivity index (χ2v) is 7.78. The molecule has 1 aliphatic heterocycles. The largest absolute Gasteiger partial charge is 0.496 e. The van der Waals surface area contributed by atoms with Crippen molar-refractivity contribution in [2.75, 3.05) is 20.8 Å². The number of hydrogen-bond acceptors (Lipinski definition) is 6. The van der Waals surface area contributed by atoms with E-state index in [-0.39, 0.29) is 12.0 Å². The van der Waals surface area contributed by atoms with E-state index in [1.54, 1.807) is 19.2 Å². The average molecular weight is 447 g/mol. The van der Waals surface area contributed by atoms with Crippen molar-refractivity contribution in [2.45, 2.75) is 25.4 Å². The van der Waals surface area contributed by atoms with E-state index in [1.165, 1.54) is 13.3 Å². The first-order valence-corrected chi connectivity index (χ1v) is 10.8. The number of rotatable bonds is 8. The predicted molar refractivity (Wildman–Crippen MR) is 123 cm³/mol. The summed E-state index contributed by atoms with van der Waals surface area (Å²) < 4.78 is 16.2. The Morgan fingerprint density at radius 3 is 2.70 bits per heavy atom. The lowest BCUT2D eigenvalue weighted by atomic mass is 10.0. The first-order valence-electron chi connectivity index (χ1n) is 10.8. The lowest BCUT2D eigenvalue weighted by molar-refractivity contribution is -0.121. The number of para-hydroxylation sites is 2. The van der Waals surface area contributed by atoms with Crippen LogP contribution in [0.25, 0.3) is 11.3 Å². The van der Waals surface area contributed by atoms with Crippen LogP contribution in [0, 0.1) is 0 Å². The summed E-state index contributed by atoms with van der Waals surface area (Å²) in [6.07, 6.45) is 3.04. The highest BCUT2D eigenvalue weighted by atomic mass is 16.5. The van der Waals surface area contributed by atoms with Crippen molar-refractivity contribution in [1.82, 2.24) is 10.3 Å². The van der Waals surface area contributed by atoms with Gasteiger partial charge in [-0.15, -0.1) is 0 Å². The van der Waals surface area contributed by atoms with Gasteiger partial charge in [0.2, 0.25) is 5.91 Å². The minimum absolute atomic E-state index is 0.0271. The fraction of sp³-hybridized carbons (Fsp3) is 0.269. The van der Waals surface area contributed by atoms with E-state index in [0.717, 1.165) is 28.2 Å². The number of pyridine rings is 1. The number of nitrogens with zero attached hydrogens (tertiary/aromatic N) is 1. The number of nitrogens with one attached hydrogen (secondary N) is 1. The quantitative estimate of drug-likeness (QED) is 0.532. The van der Waals surface area contributed by atoms with Gasteiger partial charge >= 0.3 is 5.97 Å². The topological polar surface area (TPSA) is 86.8 Å². The van der Waals surface area contributed by atoms with E-state index in [4.69, 9.17) is 14.2 Å². The summed E-state index contributed by atoms with van der Waals surface area (Å²) in [6.45, 7) is 0.424. The highest BCUT2D eigenvalue weighted by molar-refractivity contribution is 5.89. The van der Waals surface area contributed by atoms with E-state index in [2.05, 4.69) is 10.3 Å². The van der Waals surface area contributed by atoms with Gasteiger partial charge in [0.15, 0.2) is 0 Å². The molecule has 1 aromatic heterocycles. The first kappa shape index (κ1) is 22.3. The van der Waals surface area contributed by atoms with Crippen LogP contribution in [0.5, 0.6) is 11.5 Å². The van der Waals surface area contributed by atoms with Gasteiger partial charge in [0, 0.05) is 24.6 Å². The maximum Gasteiger partial charge on any atom is 0.339 e. The maximum absolute atomic E-state index is 12.4. The molecule has 1 N–H and O–H groups in total. The second kappa shape index (κ2) is 10.2. The number of fused-ring (bicyclic) bond motifs is 1. The van der Waals surface area contributed by atoms with Crippen LogP contribution in [-0.4, -0.2) is 43.7 Å².